The lowest BCUT2D eigenvalue weighted by atomic mass is 10.0. The number of hydrogen-bond donors (Lipinski definition) is 2. The van der Waals surface area contributed by atoms with Crippen molar-refractivity contribution in [2.75, 3.05) is 17.6 Å². The standard InChI is InChI=1S/C17H39NO3S4/c1-9-23-25(13-19-14(2)3)17(7,8)20-12-22-24-16(5,6)11-10-15(4)21-18/h14-15,25H,9-13,18H2,1-8H3. The first kappa shape index (κ1) is 26.2. The summed E-state index contributed by atoms with van der Waals surface area (Å²) < 4.78 is 12.3. The van der Waals surface area contributed by atoms with Crippen LogP contribution in [0.4, 0.5) is 0 Å². The van der Waals surface area contributed by atoms with Gasteiger partial charge in [-0.15, -0.1) is 10.8 Å². The third-order valence-corrected chi connectivity index (χ3v) is 12.2. The average molecular weight is 434 g/mol. The molecule has 2 atom stereocenters. The van der Waals surface area contributed by atoms with Crippen molar-refractivity contribution in [2.45, 2.75) is 90.1 Å². The van der Waals surface area contributed by atoms with Crippen LogP contribution in [0.3, 0.4) is 0 Å². The quantitative estimate of drug-likeness (QED) is 0.108. The van der Waals surface area contributed by atoms with Gasteiger partial charge in [0.1, 0.15) is 10.9 Å². The summed E-state index contributed by atoms with van der Waals surface area (Å²) in [6.07, 6.45) is 2.40. The molecule has 25 heavy (non-hydrogen) atoms. The number of thiol groups is 1. The maximum atomic E-state index is 6.24. The Kier molecular flexibility index (Phi) is 14.1. The van der Waals surface area contributed by atoms with Gasteiger partial charge in [0, 0.05) is 4.75 Å². The molecule has 0 saturated heterocycles. The zero-order valence-electron chi connectivity index (χ0n) is 17.2. The summed E-state index contributed by atoms with van der Waals surface area (Å²) >= 11 is 0. The minimum atomic E-state index is -0.380. The van der Waals surface area contributed by atoms with Gasteiger partial charge in [-0.05, 0) is 67.1 Å². The molecule has 0 radical (unpaired) electrons. The van der Waals surface area contributed by atoms with Crippen LogP contribution in [0, 0.1) is 0 Å². The molecular weight excluding hydrogens is 394 g/mol. The van der Waals surface area contributed by atoms with E-state index in [-0.39, 0.29) is 31.8 Å². The second kappa shape index (κ2) is 13.4. The van der Waals surface area contributed by atoms with E-state index in [1.54, 1.807) is 10.8 Å². The van der Waals surface area contributed by atoms with Crippen molar-refractivity contribution < 1.29 is 14.3 Å². The SMILES string of the molecule is CCS[SH](COC(C)C)C(C)(C)OCSSC(C)(C)CCC(C)ON. The lowest BCUT2D eigenvalue weighted by Crippen LogP contribution is -2.26. The van der Waals surface area contributed by atoms with Crippen LogP contribution in [0.5, 0.6) is 0 Å². The van der Waals surface area contributed by atoms with Gasteiger partial charge in [0.05, 0.1) is 18.1 Å². The van der Waals surface area contributed by atoms with Gasteiger partial charge in [-0.25, -0.2) is 5.90 Å². The molecule has 0 fully saturated rings. The molecule has 0 aliphatic carbocycles. The van der Waals surface area contributed by atoms with E-state index in [9.17, 15) is 0 Å². The molecule has 0 spiro atoms. The zero-order chi connectivity index (χ0) is 19.5. The fourth-order valence-corrected chi connectivity index (χ4v) is 8.38. The Balaban J connectivity index is 4.28. The summed E-state index contributed by atoms with van der Waals surface area (Å²) in [5.74, 6) is 7.80. The average Bonchev–Trinajstić information content (AvgIpc) is 2.53. The van der Waals surface area contributed by atoms with Crippen LogP contribution in [0.15, 0.2) is 0 Å². The van der Waals surface area contributed by atoms with Gasteiger partial charge in [0.25, 0.3) is 0 Å². The molecule has 0 bridgehead atoms. The molecule has 0 heterocycles. The van der Waals surface area contributed by atoms with E-state index in [0.29, 0.717) is 5.94 Å². The maximum absolute atomic E-state index is 6.24. The fourth-order valence-electron chi connectivity index (χ4n) is 1.81. The Hall–Kier alpha value is 1.24. The molecule has 4 nitrogen and oxygen atoms in total. The molecule has 0 aliphatic heterocycles. The normalized spacial score (nSPS) is 16.3. The maximum Gasteiger partial charge on any atom is 0.104 e. The molecule has 2 N–H and O–H groups in total. The Morgan fingerprint density at radius 1 is 1.12 bits per heavy atom. The predicted molar refractivity (Wildman–Crippen MR) is 121 cm³/mol. The first-order valence-corrected chi connectivity index (χ1v) is 14.3. The van der Waals surface area contributed by atoms with Crippen LogP contribution in [-0.2, 0) is 14.3 Å². The Bertz CT molecular complexity index is 344. The van der Waals surface area contributed by atoms with E-state index in [1.807, 2.05) is 28.5 Å². The van der Waals surface area contributed by atoms with Crippen molar-refractivity contribution in [1.82, 2.24) is 0 Å². The molecule has 0 amide bonds. The summed E-state index contributed by atoms with van der Waals surface area (Å²) in [4.78, 5) is 4.70. The largest absolute Gasteiger partial charge is 0.369 e. The lowest BCUT2D eigenvalue weighted by Gasteiger charge is -2.37. The van der Waals surface area contributed by atoms with Crippen molar-refractivity contribution in [2.24, 2.45) is 5.90 Å². The number of hydrogen-bond acceptors (Lipinski definition) is 7. The summed E-state index contributed by atoms with van der Waals surface area (Å²) in [7, 11) is 5.26. The smallest absolute Gasteiger partial charge is 0.104 e. The molecule has 0 aliphatic rings. The first-order chi connectivity index (χ1) is 11.5. The molecule has 2 unspecified atom stereocenters. The number of rotatable bonds is 15. The fraction of sp³-hybridized carbons (Fsp3) is 1.00. The minimum Gasteiger partial charge on any atom is -0.369 e. The van der Waals surface area contributed by atoms with Crippen molar-refractivity contribution in [3.63, 3.8) is 0 Å². The van der Waals surface area contributed by atoms with Crippen molar-refractivity contribution in [3.05, 3.63) is 0 Å². The van der Waals surface area contributed by atoms with Crippen LogP contribution in [0.2, 0.25) is 0 Å². The van der Waals surface area contributed by atoms with Crippen molar-refractivity contribution in [1.29, 1.82) is 0 Å². The monoisotopic (exact) mass is 433 g/mol. The lowest BCUT2D eigenvalue weighted by molar-refractivity contribution is 0.0579. The van der Waals surface area contributed by atoms with E-state index in [0.717, 1.165) is 24.5 Å². The Morgan fingerprint density at radius 3 is 2.28 bits per heavy atom. The van der Waals surface area contributed by atoms with E-state index in [2.05, 4.69) is 48.5 Å². The summed E-state index contributed by atoms with van der Waals surface area (Å²) in [5, 5.41) is 0. The van der Waals surface area contributed by atoms with Gasteiger partial charge in [0.2, 0.25) is 0 Å². The molecule has 8 heteroatoms. The van der Waals surface area contributed by atoms with Crippen LogP contribution in [0.25, 0.3) is 0 Å². The highest BCUT2D eigenvalue weighted by molar-refractivity contribution is 8.85. The zero-order valence-corrected chi connectivity index (χ0v) is 20.5. The van der Waals surface area contributed by atoms with Crippen LogP contribution in [-0.4, -0.2) is 39.5 Å². The van der Waals surface area contributed by atoms with Crippen LogP contribution in [0.1, 0.15) is 68.2 Å². The summed E-state index contributed by atoms with van der Waals surface area (Å²) in [6.45, 7) is 17.3. The van der Waals surface area contributed by atoms with Gasteiger partial charge in [-0.3, -0.25) is 0 Å². The highest BCUT2D eigenvalue weighted by Gasteiger charge is 2.28. The van der Waals surface area contributed by atoms with E-state index in [1.165, 1.54) is 0 Å². The van der Waals surface area contributed by atoms with Gasteiger partial charge >= 0.3 is 0 Å². The van der Waals surface area contributed by atoms with Gasteiger partial charge < -0.3 is 14.3 Å². The van der Waals surface area contributed by atoms with Crippen molar-refractivity contribution >= 4 is 42.3 Å². The van der Waals surface area contributed by atoms with Crippen LogP contribution >= 0.6 is 42.3 Å². The molecular formula is C17H39NO3S4. The Morgan fingerprint density at radius 2 is 1.76 bits per heavy atom. The summed E-state index contributed by atoms with van der Waals surface area (Å²) in [6, 6.07) is 0. The molecule has 0 aromatic rings. The van der Waals surface area contributed by atoms with Gasteiger partial charge in [0.15, 0.2) is 0 Å². The predicted octanol–water partition coefficient (Wildman–Crippen LogP) is 5.97. The molecule has 0 aromatic heterocycles. The third-order valence-electron chi connectivity index (χ3n) is 3.54. The van der Waals surface area contributed by atoms with Gasteiger partial charge in [-0.2, -0.15) is 9.93 Å². The highest BCUT2D eigenvalue weighted by Crippen LogP contribution is 2.53. The summed E-state index contributed by atoms with van der Waals surface area (Å²) in [5.41, 5.74) is 0. The molecule has 0 aromatic carbocycles. The molecule has 0 saturated carbocycles. The number of nitrogens with two attached hydrogens (primary N) is 1. The second-order valence-electron chi connectivity index (χ2n) is 7.30. The van der Waals surface area contributed by atoms with E-state index >= 15 is 0 Å². The van der Waals surface area contributed by atoms with Gasteiger partial charge in [-0.1, -0.05) is 28.5 Å². The minimum absolute atomic E-state index is 0.107. The Labute approximate surface area is 169 Å². The highest BCUT2D eigenvalue weighted by atomic mass is 33.1. The second-order valence-corrected chi connectivity index (χ2v) is 15.3. The van der Waals surface area contributed by atoms with E-state index < -0.39 is 0 Å². The number of ether oxygens (including phenoxy) is 2. The van der Waals surface area contributed by atoms with Crippen LogP contribution < -0.4 is 5.90 Å². The van der Waals surface area contributed by atoms with E-state index in [4.69, 9.17) is 20.2 Å². The molecule has 154 valence electrons. The third kappa shape index (κ3) is 13.1. The topological polar surface area (TPSA) is 53.7 Å². The van der Waals surface area contributed by atoms with Crippen molar-refractivity contribution in [3.8, 4) is 0 Å². The molecule has 0 rings (SSSR count). The first-order valence-electron chi connectivity index (χ1n) is 8.86.